The van der Waals surface area contributed by atoms with Crippen LogP contribution in [0.15, 0.2) is 27.5 Å². The topological polar surface area (TPSA) is 102 Å². The van der Waals surface area contributed by atoms with Crippen molar-refractivity contribution in [1.82, 2.24) is 5.32 Å². The van der Waals surface area contributed by atoms with Crippen molar-refractivity contribution in [2.45, 2.75) is 31.7 Å². The van der Waals surface area contributed by atoms with E-state index in [1.165, 1.54) is 13.8 Å². The Kier molecular flexibility index (Phi) is 5.29. The first-order chi connectivity index (χ1) is 11.0. The number of hydrogen-bond donors (Lipinski definition) is 2. The lowest BCUT2D eigenvalue weighted by Crippen LogP contribution is -2.29. The number of nitrogens with two attached hydrogens (primary N) is 1. The molecule has 0 aliphatic carbocycles. The molecular weight excluding hydrogens is 375 g/mol. The van der Waals surface area contributed by atoms with Gasteiger partial charge >= 0.3 is 0 Å². The number of nitrogens with one attached hydrogen (secondary N) is 1. The van der Waals surface area contributed by atoms with E-state index in [1.54, 1.807) is 25.1 Å². The van der Waals surface area contributed by atoms with Gasteiger partial charge in [-0.05, 0) is 38.5 Å². The fourth-order valence-corrected chi connectivity index (χ4v) is 3.67. The second-order valence-corrected chi connectivity index (χ2v) is 7.64. The van der Waals surface area contributed by atoms with E-state index in [0.717, 1.165) is 0 Å². The molecule has 1 heterocycles. The summed E-state index contributed by atoms with van der Waals surface area (Å²) in [5, 5.41) is 8.65. The van der Waals surface area contributed by atoms with E-state index in [0.29, 0.717) is 15.6 Å². The van der Waals surface area contributed by atoms with Gasteiger partial charge in [0.25, 0.3) is 5.91 Å². The molecule has 0 saturated carbocycles. The summed E-state index contributed by atoms with van der Waals surface area (Å²) < 4.78 is 28.7. The van der Waals surface area contributed by atoms with Crippen LogP contribution in [0.5, 0.6) is 0 Å². The summed E-state index contributed by atoms with van der Waals surface area (Å²) in [5.74, 6) is -0.357. The maximum Gasteiger partial charge on any atom is 0.256 e. The Labute approximate surface area is 150 Å². The number of aryl methyl sites for hydroxylation is 2. The molecule has 9 heteroatoms. The minimum Gasteiger partial charge on any atom is -0.464 e. The van der Waals surface area contributed by atoms with Crippen LogP contribution in [0.3, 0.4) is 0 Å². The third-order valence-electron chi connectivity index (χ3n) is 3.51. The van der Waals surface area contributed by atoms with Gasteiger partial charge in [-0.15, -0.1) is 0 Å². The maximum atomic E-state index is 12.5. The standard InChI is InChI=1S/C15H16Cl2N2O4S/c1-7(10-4-5-11(16)12(17)6-10)19-15(20)13-8(2)23-9(3)14(13)24(18,21)22/h4-7H,1-3H3,(H,19,20)(H2,18,21,22)/t7-/m0/s1. The molecule has 0 fully saturated rings. The number of benzene rings is 1. The van der Waals surface area contributed by atoms with Crippen molar-refractivity contribution in [2.75, 3.05) is 0 Å². The lowest BCUT2D eigenvalue weighted by molar-refractivity contribution is 0.0935. The highest BCUT2D eigenvalue weighted by Crippen LogP contribution is 2.28. The zero-order valence-electron chi connectivity index (χ0n) is 13.2. The summed E-state index contributed by atoms with van der Waals surface area (Å²) in [4.78, 5) is 12.2. The average molecular weight is 391 g/mol. The molecule has 1 aromatic carbocycles. The third-order valence-corrected chi connectivity index (χ3v) is 5.31. The van der Waals surface area contributed by atoms with Crippen LogP contribution in [-0.2, 0) is 10.0 Å². The highest BCUT2D eigenvalue weighted by molar-refractivity contribution is 7.89. The van der Waals surface area contributed by atoms with E-state index in [4.69, 9.17) is 32.8 Å². The van der Waals surface area contributed by atoms with E-state index < -0.39 is 22.0 Å². The predicted molar refractivity (Wildman–Crippen MR) is 91.9 cm³/mol. The van der Waals surface area contributed by atoms with Crippen molar-refractivity contribution in [3.63, 3.8) is 0 Å². The van der Waals surface area contributed by atoms with Gasteiger partial charge in [-0.25, -0.2) is 13.6 Å². The van der Waals surface area contributed by atoms with E-state index in [1.807, 2.05) is 0 Å². The van der Waals surface area contributed by atoms with Gasteiger partial charge in [-0.3, -0.25) is 4.79 Å². The van der Waals surface area contributed by atoms with Crippen LogP contribution in [0, 0.1) is 13.8 Å². The molecule has 0 aliphatic rings. The Morgan fingerprint density at radius 3 is 2.38 bits per heavy atom. The molecule has 2 rings (SSSR count). The Morgan fingerprint density at radius 1 is 1.21 bits per heavy atom. The number of halogens is 2. The van der Waals surface area contributed by atoms with Gasteiger partial charge in [0, 0.05) is 0 Å². The van der Waals surface area contributed by atoms with Crippen molar-refractivity contribution in [3.8, 4) is 0 Å². The van der Waals surface area contributed by atoms with E-state index in [2.05, 4.69) is 5.32 Å². The first-order valence-electron chi connectivity index (χ1n) is 6.91. The molecule has 3 N–H and O–H groups in total. The molecule has 0 unspecified atom stereocenters. The fraction of sp³-hybridized carbons (Fsp3) is 0.267. The van der Waals surface area contributed by atoms with Gasteiger partial charge in [0.15, 0.2) is 0 Å². The first kappa shape index (κ1) is 18.8. The fourth-order valence-electron chi connectivity index (χ4n) is 2.40. The molecule has 0 aliphatic heterocycles. The number of sulfonamides is 1. The monoisotopic (exact) mass is 390 g/mol. The van der Waals surface area contributed by atoms with Crippen molar-refractivity contribution in [1.29, 1.82) is 0 Å². The zero-order valence-corrected chi connectivity index (χ0v) is 15.5. The summed E-state index contributed by atoms with van der Waals surface area (Å²) >= 11 is 11.8. The molecule has 2 aromatic rings. The molecule has 6 nitrogen and oxygen atoms in total. The van der Waals surface area contributed by atoms with Crippen molar-refractivity contribution < 1.29 is 17.6 Å². The van der Waals surface area contributed by atoms with Crippen LogP contribution in [-0.4, -0.2) is 14.3 Å². The Hall–Kier alpha value is -1.54. The average Bonchev–Trinajstić information content (AvgIpc) is 2.76. The highest BCUT2D eigenvalue weighted by Gasteiger charge is 2.29. The molecule has 1 amide bonds. The van der Waals surface area contributed by atoms with Crippen LogP contribution in [0.1, 0.15) is 40.4 Å². The molecular formula is C15H16Cl2N2O4S. The van der Waals surface area contributed by atoms with E-state index in [9.17, 15) is 13.2 Å². The number of primary sulfonamides is 1. The van der Waals surface area contributed by atoms with Crippen molar-refractivity contribution in [2.24, 2.45) is 5.14 Å². The second-order valence-electron chi connectivity index (χ2n) is 5.33. The minimum atomic E-state index is -4.09. The molecule has 1 aromatic heterocycles. The van der Waals surface area contributed by atoms with Gasteiger partial charge in [0.05, 0.1) is 16.1 Å². The third kappa shape index (κ3) is 3.75. The second kappa shape index (κ2) is 6.76. The predicted octanol–water partition coefficient (Wildman–Crippen LogP) is 3.34. The van der Waals surface area contributed by atoms with Crippen LogP contribution in [0.4, 0.5) is 0 Å². The Bertz CT molecular complexity index is 906. The van der Waals surface area contributed by atoms with Gasteiger partial charge in [-0.2, -0.15) is 0 Å². The quantitative estimate of drug-likeness (QED) is 0.834. The summed E-state index contributed by atoms with van der Waals surface area (Å²) in [6, 6.07) is 4.52. The molecule has 0 saturated heterocycles. The number of rotatable bonds is 4. The van der Waals surface area contributed by atoms with Crippen molar-refractivity contribution in [3.05, 3.63) is 50.9 Å². The lowest BCUT2D eigenvalue weighted by Gasteiger charge is -2.15. The molecule has 130 valence electrons. The Morgan fingerprint density at radius 2 is 1.83 bits per heavy atom. The Balaban J connectivity index is 2.35. The number of carbonyl (C=O) groups is 1. The van der Waals surface area contributed by atoms with Gasteiger partial charge < -0.3 is 9.73 Å². The van der Waals surface area contributed by atoms with Gasteiger partial charge in [-0.1, -0.05) is 29.3 Å². The van der Waals surface area contributed by atoms with Crippen molar-refractivity contribution >= 4 is 39.1 Å². The summed E-state index contributed by atoms with van der Waals surface area (Å²) in [6.07, 6.45) is 0. The molecule has 0 bridgehead atoms. The molecule has 24 heavy (non-hydrogen) atoms. The zero-order chi connectivity index (χ0) is 18.2. The normalized spacial score (nSPS) is 12.9. The lowest BCUT2D eigenvalue weighted by atomic mass is 10.1. The smallest absolute Gasteiger partial charge is 0.256 e. The summed E-state index contributed by atoms with van der Waals surface area (Å²) in [6.45, 7) is 4.67. The van der Waals surface area contributed by atoms with Crippen LogP contribution >= 0.6 is 23.2 Å². The van der Waals surface area contributed by atoms with Gasteiger partial charge in [0.1, 0.15) is 22.0 Å². The van der Waals surface area contributed by atoms with Crippen LogP contribution in [0.25, 0.3) is 0 Å². The van der Waals surface area contributed by atoms with Crippen LogP contribution in [0.2, 0.25) is 10.0 Å². The molecule has 1 atom stereocenters. The van der Waals surface area contributed by atoms with E-state index in [-0.39, 0.29) is 22.0 Å². The number of carbonyl (C=O) groups excluding carboxylic acids is 1. The summed E-state index contributed by atoms with van der Waals surface area (Å²) in [7, 11) is -4.09. The largest absolute Gasteiger partial charge is 0.464 e. The van der Waals surface area contributed by atoms with Crippen LogP contribution < -0.4 is 10.5 Å². The minimum absolute atomic E-state index is 0.0716. The highest BCUT2D eigenvalue weighted by atomic mass is 35.5. The maximum absolute atomic E-state index is 12.5. The number of amides is 1. The SMILES string of the molecule is Cc1oc(C)c(S(N)(=O)=O)c1C(=O)N[C@@H](C)c1ccc(Cl)c(Cl)c1. The van der Waals surface area contributed by atoms with E-state index >= 15 is 0 Å². The molecule has 0 spiro atoms. The molecule has 0 radical (unpaired) electrons. The first-order valence-corrected chi connectivity index (χ1v) is 9.21. The number of furan rings is 1. The number of hydrogen-bond acceptors (Lipinski definition) is 4. The summed E-state index contributed by atoms with van der Waals surface area (Å²) in [5.41, 5.74) is 0.620. The van der Waals surface area contributed by atoms with Gasteiger partial charge in [0.2, 0.25) is 10.0 Å².